The van der Waals surface area contributed by atoms with Crippen LogP contribution < -0.4 is 4.74 Å². The van der Waals surface area contributed by atoms with Gasteiger partial charge in [0, 0.05) is 37.9 Å². The lowest BCUT2D eigenvalue weighted by Crippen LogP contribution is -2.40. The number of halogens is 4. The van der Waals surface area contributed by atoms with Crippen molar-refractivity contribution in [3.05, 3.63) is 63.4 Å². The van der Waals surface area contributed by atoms with Crippen LogP contribution >= 0.6 is 11.3 Å². The second-order valence-electron chi connectivity index (χ2n) is 9.72. The maximum absolute atomic E-state index is 13.5. The Balaban J connectivity index is 1.19. The van der Waals surface area contributed by atoms with Gasteiger partial charge in [-0.25, -0.2) is 27.2 Å². The third kappa shape index (κ3) is 6.60. The van der Waals surface area contributed by atoms with Gasteiger partial charge in [-0.05, 0) is 36.6 Å². The number of hydrogen-bond acceptors (Lipinski definition) is 9. The first-order chi connectivity index (χ1) is 19.9. The molecule has 1 saturated heterocycles. The van der Waals surface area contributed by atoms with Crippen LogP contribution in [0.4, 0.5) is 17.6 Å². The molecule has 1 fully saturated rings. The Hall–Kier alpha value is -3.36. The molecule has 0 radical (unpaired) electrons. The molecule has 0 bridgehead atoms. The molecule has 2 aliphatic heterocycles. The summed E-state index contributed by atoms with van der Waals surface area (Å²) in [5, 5.41) is 10.7. The third-order valence-corrected chi connectivity index (χ3v) is 8.14. The molecular weight excluding hydrogens is 566 g/mol. The van der Waals surface area contributed by atoms with E-state index in [0.29, 0.717) is 57.9 Å². The van der Waals surface area contributed by atoms with Gasteiger partial charge in [-0.2, -0.15) is 5.10 Å². The number of thiazole rings is 1. The van der Waals surface area contributed by atoms with Crippen LogP contribution in [0.25, 0.3) is 0 Å². The van der Waals surface area contributed by atoms with Gasteiger partial charge in [0.1, 0.15) is 29.5 Å². The van der Waals surface area contributed by atoms with Gasteiger partial charge in [-0.1, -0.05) is 17.3 Å². The van der Waals surface area contributed by atoms with Crippen molar-refractivity contribution < 1.29 is 36.7 Å². The van der Waals surface area contributed by atoms with Crippen molar-refractivity contribution in [2.24, 2.45) is 5.16 Å². The van der Waals surface area contributed by atoms with Gasteiger partial charge in [-0.15, -0.1) is 11.3 Å². The Bertz CT molecular complexity index is 1360. The van der Waals surface area contributed by atoms with E-state index in [1.165, 1.54) is 11.3 Å². The zero-order valence-corrected chi connectivity index (χ0v) is 23.0. The molecule has 5 rings (SSSR count). The van der Waals surface area contributed by atoms with Crippen LogP contribution in [0.3, 0.4) is 0 Å². The first-order valence-electron chi connectivity index (χ1n) is 13.1. The summed E-state index contributed by atoms with van der Waals surface area (Å²) in [6.07, 6.45) is -5.24. The molecule has 2 unspecified atom stereocenters. The number of likely N-dealkylation sites (tertiary alicyclic amines) is 1. The SMILES string of the molecule is COCCOc1cccc(C2CC(c3csc(C4CCN(C(C=O)n5nc(C(F)F)cc5C(F)F)CC4)n3)=NO2)c1. The average molecular weight is 596 g/mol. The quantitative estimate of drug-likeness (QED) is 0.151. The zero-order valence-electron chi connectivity index (χ0n) is 22.2. The largest absolute Gasteiger partial charge is 0.491 e. The minimum absolute atomic E-state index is 0.0979. The summed E-state index contributed by atoms with van der Waals surface area (Å²) in [7, 11) is 1.62. The molecule has 14 heteroatoms. The summed E-state index contributed by atoms with van der Waals surface area (Å²) >= 11 is 1.51. The van der Waals surface area contributed by atoms with Crippen LogP contribution in [0.5, 0.6) is 5.75 Å². The van der Waals surface area contributed by atoms with Crippen molar-refractivity contribution in [3.63, 3.8) is 0 Å². The molecule has 0 amide bonds. The van der Waals surface area contributed by atoms with Crippen molar-refractivity contribution in [1.29, 1.82) is 0 Å². The van der Waals surface area contributed by atoms with Crippen LogP contribution in [0, 0.1) is 0 Å². The highest BCUT2D eigenvalue weighted by Gasteiger charge is 2.33. The smallest absolute Gasteiger partial charge is 0.282 e. The molecule has 0 N–H and O–H groups in total. The second kappa shape index (κ2) is 13.1. The Morgan fingerprint density at radius 1 is 1.15 bits per heavy atom. The standard InChI is InChI=1S/C27H29F4N5O4S/c1-38-9-10-39-18-4-2-3-17(11-18)23-13-19(34-40-23)21-15-41-27(32-21)16-5-7-35(8-6-16)24(14-37)36-22(26(30)31)12-20(33-36)25(28)29/h2-4,11-12,14-16,23-26H,5-10,13H2,1H3. The molecule has 220 valence electrons. The summed E-state index contributed by atoms with van der Waals surface area (Å²) in [4.78, 5) is 24.1. The number of piperidine rings is 1. The van der Waals surface area contributed by atoms with Crippen molar-refractivity contribution in [2.75, 3.05) is 33.4 Å². The molecule has 4 heterocycles. The van der Waals surface area contributed by atoms with E-state index in [9.17, 15) is 22.4 Å². The van der Waals surface area contributed by atoms with Crippen molar-refractivity contribution in [3.8, 4) is 5.75 Å². The molecule has 41 heavy (non-hydrogen) atoms. The Morgan fingerprint density at radius 2 is 1.95 bits per heavy atom. The van der Waals surface area contributed by atoms with E-state index >= 15 is 0 Å². The number of carbonyl (C=O) groups excluding carboxylic acids is 1. The molecule has 0 spiro atoms. The van der Waals surface area contributed by atoms with E-state index in [0.717, 1.165) is 32.4 Å². The van der Waals surface area contributed by atoms with Crippen LogP contribution in [-0.2, 0) is 14.4 Å². The summed E-state index contributed by atoms with van der Waals surface area (Å²) in [5.41, 5.74) is 0.952. The molecule has 3 aromatic rings. The lowest BCUT2D eigenvalue weighted by molar-refractivity contribution is -0.116. The number of benzene rings is 1. The fourth-order valence-electron chi connectivity index (χ4n) is 4.98. The van der Waals surface area contributed by atoms with Crippen LogP contribution in [0.1, 0.15) is 78.0 Å². The fourth-order valence-corrected chi connectivity index (χ4v) is 5.98. The Morgan fingerprint density at radius 3 is 2.66 bits per heavy atom. The summed E-state index contributed by atoms with van der Waals surface area (Å²) in [6, 6.07) is 8.32. The second-order valence-corrected chi connectivity index (χ2v) is 10.6. The predicted octanol–water partition coefficient (Wildman–Crippen LogP) is 5.68. The molecule has 1 aromatic carbocycles. The van der Waals surface area contributed by atoms with Gasteiger partial charge in [0.05, 0.1) is 17.3 Å². The van der Waals surface area contributed by atoms with Gasteiger partial charge in [0.25, 0.3) is 12.9 Å². The van der Waals surface area contributed by atoms with Crippen LogP contribution in [0.15, 0.2) is 40.9 Å². The zero-order chi connectivity index (χ0) is 28.9. The van der Waals surface area contributed by atoms with Crippen molar-refractivity contribution in [1.82, 2.24) is 19.7 Å². The molecule has 2 aliphatic rings. The van der Waals surface area contributed by atoms with E-state index in [-0.39, 0.29) is 12.0 Å². The van der Waals surface area contributed by atoms with E-state index in [1.807, 2.05) is 29.6 Å². The minimum atomic E-state index is -3.04. The van der Waals surface area contributed by atoms with Gasteiger partial charge in [0.2, 0.25) is 0 Å². The highest BCUT2D eigenvalue weighted by molar-refractivity contribution is 7.10. The topological polar surface area (TPSA) is 91.1 Å². The number of rotatable bonds is 12. The maximum Gasteiger partial charge on any atom is 0.282 e. The number of aldehydes is 1. The number of nitrogens with zero attached hydrogens (tertiary/aromatic N) is 5. The number of methoxy groups -OCH3 is 1. The third-order valence-electron chi connectivity index (χ3n) is 7.13. The van der Waals surface area contributed by atoms with Crippen LogP contribution in [-0.4, -0.2) is 65.1 Å². The van der Waals surface area contributed by atoms with Gasteiger partial charge in [0.15, 0.2) is 18.6 Å². The van der Waals surface area contributed by atoms with E-state index in [4.69, 9.17) is 19.3 Å². The number of ether oxygens (including phenoxy) is 2. The number of oxime groups is 1. The monoisotopic (exact) mass is 595 g/mol. The summed E-state index contributed by atoms with van der Waals surface area (Å²) in [6.45, 7) is 1.73. The van der Waals surface area contributed by atoms with Gasteiger partial charge >= 0.3 is 0 Å². The molecule has 2 aromatic heterocycles. The highest BCUT2D eigenvalue weighted by Crippen LogP contribution is 2.36. The molecule has 0 saturated carbocycles. The predicted molar refractivity (Wildman–Crippen MR) is 142 cm³/mol. The van der Waals surface area contributed by atoms with Gasteiger partial charge < -0.3 is 14.3 Å². The highest BCUT2D eigenvalue weighted by atomic mass is 32.1. The van der Waals surface area contributed by atoms with E-state index < -0.39 is 30.4 Å². The van der Waals surface area contributed by atoms with Gasteiger partial charge in [-0.3, -0.25) is 9.69 Å². The molecule has 9 nitrogen and oxygen atoms in total. The number of hydrogen-bond donors (Lipinski definition) is 0. The van der Waals surface area contributed by atoms with Crippen molar-refractivity contribution >= 4 is 23.3 Å². The summed E-state index contributed by atoms with van der Waals surface area (Å²) < 4.78 is 64.7. The average Bonchev–Trinajstić information content (AvgIpc) is 3.74. The Kier molecular flexibility index (Phi) is 9.30. The molecular formula is C27H29F4N5O4S. The number of alkyl halides is 4. The molecule has 0 aliphatic carbocycles. The van der Waals surface area contributed by atoms with Crippen LogP contribution in [0.2, 0.25) is 0 Å². The lowest BCUT2D eigenvalue weighted by atomic mass is 9.97. The molecule has 2 atom stereocenters. The Labute approximate surface area is 237 Å². The van der Waals surface area contributed by atoms with E-state index in [2.05, 4.69) is 10.3 Å². The van der Waals surface area contributed by atoms with E-state index in [1.54, 1.807) is 12.0 Å². The summed E-state index contributed by atoms with van der Waals surface area (Å²) in [5.74, 6) is 0.823. The lowest BCUT2D eigenvalue weighted by Gasteiger charge is -2.35. The fraction of sp³-hybridized carbons (Fsp3) is 0.481. The number of aromatic nitrogens is 3. The number of carbonyl (C=O) groups is 1. The van der Waals surface area contributed by atoms with Crippen molar-refractivity contribution in [2.45, 2.75) is 50.3 Å². The minimum Gasteiger partial charge on any atom is -0.491 e. The first-order valence-corrected chi connectivity index (χ1v) is 14.0. The first kappa shape index (κ1) is 29.1. The normalized spacial score (nSPS) is 19.0. The maximum atomic E-state index is 13.5.